The fraction of sp³-hybridized carbons (Fsp3) is 0.812. The van der Waals surface area contributed by atoms with Gasteiger partial charge in [0, 0.05) is 29.9 Å². The average Bonchev–Trinajstić information content (AvgIpc) is 2.72. The van der Waals surface area contributed by atoms with E-state index in [4.69, 9.17) is 4.98 Å². The van der Waals surface area contributed by atoms with Crippen LogP contribution in [0.2, 0.25) is 0 Å². The van der Waals surface area contributed by atoms with Crippen LogP contribution in [0.25, 0.3) is 0 Å². The topological polar surface area (TPSA) is 28.2 Å². The van der Waals surface area contributed by atoms with Crippen LogP contribution in [0.4, 0.5) is 5.13 Å². The second-order valence-electron chi connectivity index (χ2n) is 7.40. The Balaban J connectivity index is 2.28. The molecule has 2 unspecified atom stereocenters. The number of hydrogen-bond acceptors (Lipinski definition) is 4. The fourth-order valence-electron chi connectivity index (χ4n) is 3.16. The summed E-state index contributed by atoms with van der Waals surface area (Å²) in [6, 6.07) is 0. The van der Waals surface area contributed by atoms with Crippen molar-refractivity contribution in [2.45, 2.75) is 53.0 Å². The standard InChI is InChI=1S/C16H29N3S/c1-11-7-12(2)10-19(9-11)15-18-14(16(3,4)5)13(20-15)8-17-6/h11-12,17H,7-10H2,1-6H3. The Morgan fingerprint density at radius 1 is 1.25 bits per heavy atom. The van der Waals surface area contributed by atoms with Gasteiger partial charge in [-0.1, -0.05) is 34.6 Å². The molecule has 1 aromatic rings. The Labute approximate surface area is 127 Å². The zero-order valence-electron chi connectivity index (χ0n) is 13.8. The molecule has 0 radical (unpaired) electrons. The van der Waals surface area contributed by atoms with Crippen molar-refractivity contribution in [3.05, 3.63) is 10.6 Å². The first-order valence-electron chi connectivity index (χ1n) is 7.71. The third kappa shape index (κ3) is 3.53. The molecule has 1 fully saturated rings. The Hall–Kier alpha value is -0.610. The van der Waals surface area contributed by atoms with E-state index < -0.39 is 0 Å². The molecule has 4 heteroatoms. The summed E-state index contributed by atoms with van der Waals surface area (Å²) in [6.45, 7) is 14.7. The monoisotopic (exact) mass is 295 g/mol. The van der Waals surface area contributed by atoms with Crippen LogP contribution in [0.15, 0.2) is 0 Å². The summed E-state index contributed by atoms with van der Waals surface area (Å²) in [5.74, 6) is 1.54. The lowest BCUT2D eigenvalue weighted by Crippen LogP contribution is -2.38. The highest BCUT2D eigenvalue weighted by molar-refractivity contribution is 7.15. The van der Waals surface area contributed by atoms with E-state index in [0.29, 0.717) is 0 Å². The third-order valence-corrected chi connectivity index (χ3v) is 4.99. The minimum absolute atomic E-state index is 0.119. The Morgan fingerprint density at radius 2 is 1.85 bits per heavy atom. The van der Waals surface area contributed by atoms with Gasteiger partial charge in [0.05, 0.1) is 5.69 Å². The largest absolute Gasteiger partial charge is 0.348 e. The van der Waals surface area contributed by atoms with Gasteiger partial charge in [0.25, 0.3) is 0 Å². The number of thiazole rings is 1. The molecule has 0 aromatic carbocycles. The first kappa shape index (κ1) is 15.8. The molecule has 1 aliphatic heterocycles. The molecule has 1 N–H and O–H groups in total. The fourth-order valence-corrected chi connectivity index (χ4v) is 4.46. The van der Waals surface area contributed by atoms with Gasteiger partial charge in [-0.2, -0.15) is 0 Å². The van der Waals surface area contributed by atoms with E-state index in [1.54, 1.807) is 0 Å². The van der Waals surface area contributed by atoms with Crippen LogP contribution in [0.5, 0.6) is 0 Å². The number of nitrogens with zero attached hydrogens (tertiary/aromatic N) is 2. The van der Waals surface area contributed by atoms with Crippen LogP contribution in [0.3, 0.4) is 0 Å². The summed E-state index contributed by atoms with van der Waals surface area (Å²) in [5.41, 5.74) is 1.38. The molecule has 2 rings (SSSR count). The summed E-state index contributed by atoms with van der Waals surface area (Å²) < 4.78 is 0. The zero-order valence-corrected chi connectivity index (χ0v) is 14.6. The summed E-state index contributed by atoms with van der Waals surface area (Å²) in [5, 5.41) is 4.50. The normalized spacial score (nSPS) is 24.2. The molecule has 0 bridgehead atoms. The molecular weight excluding hydrogens is 266 g/mol. The number of anilines is 1. The van der Waals surface area contributed by atoms with Crippen molar-refractivity contribution in [2.24, 2.45) is 11.8 Å². The molecule has 2 atom stereocenters. The minimum atomic E-state index is 0.119. The maximum atomic E-state index is 5.00. The molecule has 3 nitrogen and oxygen atoms in total. The predicted molar refractivity (Wildman–Crippen MR) is 88.7 cm³/mol. The Morgan fingerprint density at radius 3 is 2.35 bits per heavy atom. The quantitative estimate of drug-likeness (QED) is 0.922. The molecule has 0 amide bonds. The van der Waals surface area contributed by atoms with E-state index in [2.05, 4.69) is 44.8 Å². The van der Waals surface area contributed by atoms with Gasteiger partial charge in [-0.05, 0) is 25.3 Å². The van der Waals surface area contributed by atoms with Crippen molar-refractivity contribution in [3.8, 4) is 0 Å². The van der Waals surface area contributed by atoms with E-state index >= 15 is 0 Å². The van der Waals surface area contributed by atoms with Gasteiger partial charge in [-0.3, -0.25) is 0 Å². The third-order valence-electron chi connectivity index (χ3n) is 3.87. The van der Waals surface area contributed by atoms with Crippen LogP contribution in [-0.4, -0.2) is 25.1 Å². The van der Waals surface area contributed by atoms with Gasteiger partial charge >= 0.3 is 0 Å². The lowest BCUT2D eigenvalue weighted by Gasteiger charge is -2.34. The van der Waals surface area contributed by atoms with Gasteiger partial charge in [0.1, 0.15) is 0 Å². The number of hydrogen-bond donors (Lipinski definition) is 1. The van der Waals surface area contributed by atoms with Crippen LogP contribution >= 0.6 is 11.3 Å². The van der Waals surface area contributed by atoms with Gasteiger partial charge < -0.3 is 10.2 Å². The van der Waals surface area contributed by atoms with Crippen LogP contribution in [0.1, 0.15) is 51.6 Å². The van der Waals surface area contributed by atoms with E-state index in [9.17, 15) is 0 Å². The smallest absolute Gasteiger partial charge is 0.185 e. The van der Waals surface area contributed by atoms with Crippen LogP contribution < -0.4 is 10.2 Å². The predicted octanol–water partition coefficient (Wildman–Crippen LogP) is 3.64. The zero-order chi connectivity index (χ0) is 14.9. The maximum absolute atomic E-state index is 5.00. The number of piperidine rings is 1. The Bertz CT molecular complexity index is 437. The summed E-state index contributed by atoms with van der Waals surface area (Å²) in [6.07, 6.45) is 1.34. The van der Waals surface area contributed by atoms with E-state index in [-0.39, 0.29) is 5.41 Å². The summed E-state index contributed by atoms with van der Waals surface area (Å²) >= 11 is 1.87. The van der Waals surface area contributed by atoms with Crippen molar-refractivity contribution in [1.29, 1.82) is 0 Å². The van der Waals surface area contributed by atoms with E-state index in [1.807, 2.05) is 18.4 Å². The summed E-state index contributed by atoms with van der Waals surface area (Å²) in [7, 11) is 2.01. The van der Waals surface area contributed by atoms with Gasteiger partial charge in [-0.15, -0.1) is 11.3 Å². The van der Waals surface area contributed by atoms with E-state index in [1.165, 1.54) is 22.1 Å². The van der Waals surface area contributed by atoms with Crippen molar-refractivity contribution in [2.75, 3.05) is 25.0 Å². The second kappa shape index (κ2) is 6.02. The minimum Gasteiger partial charge on any atom is -0.348 e. The molecule has 1 saturated heterocycles. The number of aromatic nitrogens is 1. The summed E-state index contributed by atoms with van der Waals surface area (Å²) in [4.78, 5) is 8.88. The van der Waals surface area contributed by atoms with E-state index in [0.717, 1.165) is 31.5 Å². The molecule has 20 heavy (non-hydrogen) atoms. The van der Waals surface area contributed by atoms with Crippen molar-refractivity contribution in [3.63, 3.8) is 0 Å². The average molecular weight is 295 g/mol. The lowest BCUT2D eigenvalue weighted by molar-refractivity contribution is 0.356. The molecule has 0 saturated carbocycles. The van der Waals surface area contributed by atoms with Crippen molar-refractivity contribution < 1.29 is 0 Å². The number of nitrogens with one attached hydrogen (secondary N) is 1. The number of rotatable bonds is 3. The van der Waals surface area contributed by atoms with Crippen molar-refractivity contribution >= 4 is 16.5 Å². The Kier molecular flexibility index (Phi) is 4.75. The molecule has 0 aliphatic carbocycles. The molecule has 114 valence electrons. The maximum Gasteiger partial charge on any atom is 0.185 e. The van der Waals surface area contributed by atoms with Gasteiger partial charge in [0.15, 0.2) is 5.13 Å². The van der Waals surface area contributed by atoms with Crippen LogP contribution in [-0.2, 0) is 12.0 Å². The molecule has 1 aliphatic rings. The molecule has 1 aromatic heterocycles. The highest BCUT2D eigenvalue weighted by Crippen LogP contribution is 2.36. The van der Waals surface area contributed by atoms with Gasteiger partial charge in [-0.25, -0.2) is 4.98 Å². The highest BCUT2D eigenvalue weighted by Gasteiger charge is 2.28. The first-order valence-corrected chi connectivity index (χ1v) is 8.52. The highest BCUT2D eigenvalue weighted by atomic mass is 32.1. The second-order valence-corrected chi connectivity index (χ2v) is 8.46. The SMILES string of the molecule is CNCc1sc(N2CC(C)CC(C)C2)nc1C(C)(C)C. The molecule has 0 spiro atoms. The van der Waals surface area contributed by atoms with Crippen molar-refractivity contribution in [1.82, 2.24) is 10.3 Å². The molecule has 2 heterocycles. The molecular formula is C16H29N3S. The van der Waals surface area contributed by atoms with Crippen LogP contribution in [0, 0.1) is 11.8 Å². The first-order chi connectivity index (χ1) is 9.31. The lowest BCUT2D eigenvalue weighted by atomic mass is 9.91. The van der Waals surface area contributed by atoms with Gasteiger partial charge in [0.2, 0.25) is 0 Å².